The second-order valence-electron chi connectivity index (χ2n) is 5.67. The number of hydrogen-bond acceptors (Lipinski definition) is 11. The molecular formula is C17H28N2O12. The first kappa shape index (κ1) is 28.0. The maximum atomic E-state index is 11.0. The normalized spacial score (nSPS) is 12.6. The molecule has 14 nitrogen and oxygen atoms in total. The molecule has 1 fully saturated rings. The lowest BCUT2D eigenvalue weighted by molar-refractivity contribution is -0.275. The van der Waals surface area contributed by atoms with Crippen molar-refractivity contribution >= 4 is 30.0 Å². The van der Waals surface area contributed by atoms with Crippen LogP contribution >= 0.6 is 0 Å². The van der Waals surface area contributed by atoms with Crippen LogP contribution in [0, 0.1) is 0 Å². The van der Waals surface area contributed by atoms with Crippen molar-refractivity contribution < 1.29 is 57.9 Å². The smallest absolute Gasteiger partial charge is 0.481 e. The SMILES string of the molecule is COCCOC(=O)ON1C(=O)CCC1=O.COOCCOC(=O)NCCCCC(=O)O. The van der Waals surface area contributed by atoms with Gasteiger partial charge in [-0.05, 0) is 12.8 Å². The zero-order valence-corrected chi connectivity index (χ0v) is 17.5. The molecule has 0 spiro atoms. The number of imide groups is 1. The maximum absolute atomic E-state index is 11.0. The van der Waals surface area contributed by atoms with E-state index >= 15 is 0 Å². The Morgan fingerprint density at radius 2 is 1.61 bits per heavy atom. The number of nitrogens with one attached hydrogen (secondary N) is 1. The molecule has 0 aromatic carbocycles. The van der Waals surface area contributed by atoms with Crippen LogP contribution in [0.3, 0.4) is 0 Å². The number of methoxy groups -OCH3 is 1. The third-order valence-electron chi connectivity index (χ3n) is 3.28. The molecule has 1 heterocycles. The predicted molar refractivity (Wildman–Crippen MR) is 99.2 cm³/mol. The van der Waals surface area contributed by atoms with E-state index in [1.807, 2.05) is 0 Å². The zero-order valence-electron chi connectivity index (χ0n) is 17.5. The van der Waals surface area contributed by atoms with E-state index in [0.717, 1.165) is 0 Å². The van der Waals surface area contributed by atoms with Gasteiger partial charge in [0.05, 0.1) is 13.7 Å². The second kappa shape index (κ2) is 17.9. The fourth-order valence-corrected chi connectivity index (χ4v) is 1.86. The monoisotopic (exact) mass is 452 g/mol. The molecule has 3 amide bonds. The van der Waals surface area contributed by atoms with E-state index in [1.54, 1.807) is 0 Å². The van der Waals surface area contributed by atoms with Crippen molar-refractivity contribution in [3.63, 3.8) is 0 Å². The van der Waals surface area contributed by atoms with E-state index in [4.69, 9.17) is 9.84 Å². The summed E-state index contributed by atoms with van der Waals surface area (Å²) in [6.07, 6.45) is -0.267. The first-order valence-corrected chi connectivity index (χ1v) is 9.29. The third-order valence-corrected chi connectivity index (χ3v) is 3.28. The van der Waals surface area contributed by atoms with E-state index in [9.17, 15) is 24.0 Å². The van der Waals surface area contributed by atoms with Crippen LogP contribution in [-0.2, 0) is 43.2 Å². The van der Waals surface area contributed by atoms with Crippen LogP contribution in [0.25, 0.3) is 0 Å². The fourth-order valence-electron chi connectivity index (χ4n) is 1.86. The summed E-state index contributed by atoms with van der Waals surface area (Å²) in [5.41, 5.74) is 0. The van der Waals surface area contributed by atoms with E-state index in [0.29, 0.717) is 24.4 Å². The van der Waals surface area contributed by atoms with Gasteiger partial charge in [-0.1, -0.05) is 5.06 Å². The second-order valence-corrected chi connectivity index (χ2v) is 5.67. The van der Waals surface area contributed by atoms with Crippen molar-refractivity contribution in [3.8, 4) is 0 Å². The average molecular weight is 452 g/mol. The number of rotatable bonds is 13. The number of carboxylic acid groups (broad SMARTS) is 1. The Morgan fingerprint density at radius 3 is 2.19 bits per heavy atom. The highest BCUT2D eigenvalue weighted by Gasteiger charge is 2.33. The molecule has 0 radical (unpaired) electrons. The number of carbonyl (C=O) groups excluding carboxylic acids is 4. The van der Waals surface area contributed by atoms with Gasteiger partial charge in [0.2, 0.25) is 0 Å². The Kier molecular flexibility index (Phi) is 16.1. The summed E-state index contributed by atoms with van der Waals surface area (Å²) < 4.78 is 13.8. The Balaban J connectivity index is 0.000000581. The molecule has 2 N–H and O–H groups in total. The van der Waals surface area contributed by atoms with Gasteiger partial charge in [0.25, 0.3) is 11.8 Å². The maximum Gasteiger partial charge on any atom is 0.534 e. The number of aliphatic carboxylic acids is 1. The van der Waals surface area contributed by atoms with E-state index in [1.165, 1.54) is 14.2 Å². The summed E-state index contributed by atoms with van der Waals surface area (Å²) in [4.78, 5) is 67.2. The Hall–Kier alpha value is -2.97. The predicted octanol–water partition coefficient (Wildman–Crippen LogP) is 0.396. The topological polar surface area (TPSA) is 176 Å². The molecule has 178 valence electrons. The Labute approximate surface area is 178 Å². The summed E-state index contributed by atoms with van der Waals surface area (Å²) in [6, 6.07) is 0. The van der Waals surface area contributed by atoms with Crippen molar-refractivity contribution in [2.24, 2.45) is 0 Å². The fraction of sp³-hybridized carbons (Fsp3) is 0.706. The molecule has 1 saturated heterocycles. The highest BCUT2D eigenvalue weighted by atomic mass is 17.2. The van der Waals surface area contributed by atoms with Gasteiger partial charge in [-0.2, -0.15) is 0 Å². The molecule has 0 saturated carbocycles. The van der Waals surface area contributed by atoms with Crippen LogP contribution in [0.15, 0.2) is 0 Å². The van der Waals surface area contributed by atoms with E-state index in [2.05, 4.69) is 29.4 Å². The van der Waals surface area contributed by atoms with Crippen molar-refractivity contribution in [2.45, 2.75) is 32.1 Å². The molecular weight excluding hydrogens is 424 g/mol. The van der Waals surface area contributed by atoms with E-state index < -0.39 is 30.0 Å². The number of amides is 3. The number of ether oxygens (including phenoxy) is 3. The summed E-state index contributed by atoms with van der Waals surface area (Å²) in [7, 11) is 2.81. The molecule has 0 aromatic heterocycles. The molecule has 0 atom stereocenters. The van der Waals surface area contributed by atoms with Gasteiger partial charge in [-0.15, -0.1) is 0 Å². The van der Waals surface area contributed by atoms with Gasteiger partial charge in [0.1, 0.15) is 19.8 Å². The van der Waals surface area contributed by atoms with Gasteiger partial charge in [-0.25, -0.2) is 19.4 Å². The molecule has 14 heteroatoms. The third kappa shape index (κ3) is 15.5. The molecule has 31 heavy (non-hydrogen) atoms. The minimum absolute atomic E-state index is 0.00551. The highest BCUT2D eigenvalue weighted by Crippen LogP contribution is 2.12. The number of carboxylic acids is 1. The lowest BCUT2D eigenvalue weighted by Crippen LogP contribution is -2.32. The molecule has 0 bridgehead atoms. The minimum Gasteiger partial charge on any atom is -0.481 e. The summed E-state index contributed by atoms with van der Waals surface area (Å²) in [6.45, 7) is 0.900. The number of hydrogen-bond donors (Lipinski definition) is 2. The minimum atomic E-state index is -1.09. The van der Waals surface area contributed by atoms with Crippen molar-refractivity contribution in [1.29, 1.82) is 0 Å². The summed E-state index contributed by atoms with van der Waals surface area (Å²) in [5, 5.41) is 11.3. The zero-order chi connectivity index (χ0) is 23.5. The van der Waals surface area contributed by atoms with Gasteiger partial charge < -0.3 is 24.6 Å². The van der Waals surface area contributed by atoms with Crippen LogP contribution in [0.2, 0.25) is 0 Å². The van der Waals surface area contributed by atoms with Crippen LogP contribution in [-0.4, -0.2) is 87.4 Å². The van der Waals surface area contributed by atoms with Gasteiger partial charge in [-0.3, -0.25) is 19.2 Å². The van der Waals surface area contributed by atoms with Crippen LogP contribution < -0.4 is 5.32 Å². The average Bonchev–Trinajstić information content (AvgIpc) is 3.03. The standard InChI is InChI=1S/C9H17NO6.C8H11NO6/c1-14-16-7-6-15-9(13)10-5-3-2-4-8(11)12;1-13-4-5-14-8(12)15-9-6(10)2-3-7(9)11/h2-7H2,1H3,(H,10,13)(H,11,12);2-5H2,1H3. The number of alkyl carbamates (subject to hydrolysis) is 1. The lowest BCUT2D eigenvalue weighted by Gasteiger charge is -2.11. The first-order chi connectivity index (χ1) is 14.8. The van der Waals surface area contributed by atoms with Crippen molar-refractivity contribution in [1.82, 2.24) is 10.4 Å². The number of unbranched alkanes of at least 4 members (excludes halogenated alkanes) is 1. The van der Waals surface area contributed by atoms with E-state index in [-0.39, 0.29) is 45.7 Å². The van der Waals surface area contributed by atoms with Crippen molar-refractivity contribution in [3.05, 3.63) is 0 Å². The molecule has 0 aliphatic carbocycles. The van der Waals surface area contributed by atoms with Gasteiger partial charge >= 0.3 is 18.2 Å². The quantitative estimate of drug-likeness (QED) is 0.129. The van der Waals surface area contributed by atoms with Gasteiger partial charge in [0, 0.05) is 32.9 Å². The number of hydroxylamine groups is 2. The number of carbonyl (C=O) groups is 5. The van der Waals surface area contributed by atoms with Crippen LogP contribution in [0.1, 0.15) is 32.1 Å². The molecule has 1 rings (SSSR count). The number of nitrogens with zero attached hydrogens (tertiary/aromatic N) is 1. The van der Waals surface area contributed by atoms with Crippen LogP contribution in [0.5, 0.6) is 0 Å². The largest absolute Gasteiger partial charge is 0.534 e. The Morgan fingerprint density at radius 1 is 0.968 bits per heavy atom. The summed E-state index contributed by atoms with van der Waals surface area (Å²) in [5.74, 6) is -1.91. The van der Waals surface area contributed by atoms with Crippen molar-refractivity contribution in [2.75, 3.05) is 47.2 Å². The lowest BCUT2D eigenvalue weighted by atomic mass is 10.2. The van der Waals surface area contributed by atoms with Gasteiger partial charge in [0.15, 0.2) is 0 Å². The van der Waals surface area contributed by atoms with Crippen LogP contribution in [0.4, 0.5) is 9.59 Å². The molecule has 0 unspecified atom stereocenters. The first-order valence-electron chi connectivity index (χ1n) is 9.29. The highest BCUT2D eigenvalue weighted by molar-refractivity contribution is 6.01. The molecule has 1 aliphatic rings. The Bertz CT molecular complexity index is 567. The summed E-state index contributed by atoms with van der Waals surface area (Å²) >= 11 is 0. The molecule has 1 aliphatic heterocycles. The molecule has 0 aromatic rings.